The van der Waals surface area contributed by atoms with E-state index in [0.29, 0.717) is 18.0 Å². The van der Waals surface area contributed by atoms with E-state index >= 15 is 0 Å². The predicted molar refractivity (Wildman–Crippen MR) is 90.1 cm³/mol. The molecule has 1 aliphatic heterocycles. The minimum absolute atomic E-state index is 0.141. The molecule has 0 bridgehead atoms. The number of para-hydroxylation sites is 2. The van der Waals surface area contributed by atoms with Gasteiger partial charge < -0.3 is 19.7 Å². The van der Waals surface area contributed by atoms with Crippen LogP contribution in [0.4, 0.5) is 0 Å². The highest BCUT2D eigenvalue weighted by Gasteiger charge is 2.28. The van der Waals surface area contributed by atoms with Gasteiger partial charge in [0, 0.05) is 6.54 Å². The van der Waals surface area contributed by atoms with Crippen molar-refractivity contribution in [2.75, 3.05) is 27.2 Å². The maximum absolute atomic E-state index is 12.4. The van der Waals surface area contributed by atoms with Crippen molar-refractivity contribution in [3.63, 3.8) is 0 Å². The van der Waals surface area contributed by atoms with Crippen LogP contribution in [0, 0.1) is 0 Å². The molecule has 2 atom stereocenters. The molecule has 0 spiro atoms. The first-order valence-electron chi connectivity index (χ1n) is 7.50. The van der Waals surface area contributed by atoms with E-state index in [1.165, 1.54) is 5.56 Å². The van der Waals surface area contributed by atoms with Gasteiger partial charge in [0.2, 0.25) is 6.10 Å². The van der Waals surface area contributed by atoms with E-state index in [4.69, 9.17) is 9.47 Å². The molecule has 1 aliphatic rings. The molecule has 1 aromatic heterocycles. The summed E-state index contributed by atoms with van der Waals surface area (Å²) in [6.45, 7) is 0.762. The van der Waals surface area contributed by atoms with Gasteiger partial charge in [-0.2, -0.15) is 11.3 Å². The van der Waals surface area contributed by atoms with Crippen LogP contribution in [0.2, 0.25) is 0 Å². The molecule has 0 saturated heterocycles. The van der Waals surface area contributed by atoms with E-state index in [9.17, 15) is 4.79 Å². The second-order valence-corrected chi connectivity index (χ2v) is 6.43. The Bertz CT molecular complexity index is 658. The molecule has 0 radical (unpaired) electrons. The molecule has 0 fully saturated rings. The molecule has 2 aromatic rings. The highest BCUT2D eigenvalue weighted by molar-refractivity contribution is 7.07. The number of carbonyl (C=O) groups is 1. The smallest absolute Gasteiger partial charge is 0.264 e. The van der Waals surface area contributed by atoms with Gasteiger partial charge in [-0.25, -0.2) is 0 Å². The highest BCUT2D eigenvalue weighted by Crippen LogP contribution is 2.30. The average Bonchev–Trinajstić information content (AvgIpc) is 3.08. The van der Waals surface area contributed by atoms with Crippen molar-refractivity contribution in [2.24, 2.45) is 0 Å². The van der Waals surface area contributed by atoms with Crippen molar-refractivity contribution in [2.45, 2.75) is 12.1 Å². The van der Waals surface area contributed by atoms with Crippen LogP contribution in [-0.2, 0) is 4.79 Å². The number of thiophene rings is 1. The number of ether oxygens (including phenoxy) is 2. The lowest BCUT2D eigenvalue weighted by molar-refractivity contribution is -0.130. The summed E-state index contributed by atoms with van der Waals surface area (Å²) in [4.78, 5) is 14.5. The molecule has 0 saturated carbocycles. The van der Waals surface area contributed by atoms with E-state index in [0.717, 1.165) is 0 Å². The molecule has 2 unspecified atom stereocenters. The largest absolute Gasteiger partial charge is 0.485 e. The summed E-state index contributed by atoms with van der Waals surface area (Å²) in [5.74, 6) is 1.14. The standard InChI is InChI=1S/C17H20N2O3S/c1-19(2)13(12-7-8-23-11-12)9-18-17(20)16-10-21-14-5-3-4-6-15(14)22-16/h3-8,11,13,16H,9-10H2,1-2H3,(H,18,20). The van der Waals surface area contributed by atoms with Crippen molar-refractivity contribution in [3.05, 3.63) is 46.7 Å². The Morgan fingerprint density at radius 1 is 1.35 bits per heavy atom. The number of benzene rings is 1. The summed E-state index contributed by atoms with van der Waals surface area (Å²) in [5, 5.41) is 7.12. The molecule has 23 heavy (non-hydrogen) atoms. The summed E-state index contributed by atoms with van der Waals surface area (Å²) in [6, 6.07) is 9.61. The van der Waals surface area contributed by atoms with Crippen molar-refractivity contribution in [1.29, 1.82) is 0 Å². The topological polar surface area (TPSA) is 50.8 Å². The summed E-state index contributed by atoms with van der Waals surface area (Å²) >= 11 is 1.66. The molecule has 1 amide bonds. The molecule has 6 heteroatoms. The third-order valence-corrected chi connectivity index (χ3v) is 4.52. The van der Waals surface area contributed by atoms with Gasteiger partial charge >= 0.3 is 0 Å². The molecular formula is C17H20N2O3S. The Balaban J connectivity index is 1.59. The maximum Gasteiger partial charge on any atom is 0.264 e. The zero-order chi connectivity index (χ0) is 16.2. The van der Waals surface area contributed by atoms with Crippen LogP contribution in [0.15, 0.2) is 41.1 Å². The van der Waals surface area contributed by atoms with Crippen molar-refractivity contribution in [1.82, 2.24) is 10.2 Å². The van der Waals surface area contributed by atoms with Gasteiger partial charge in [-0.3, -0.25) is 4.79 Å². The molecule has 3 rings (SSSR count). The van der Waals surface area contributed by atoms with E-state index in [-0.39, 0.29) is 18.6 Å². The second-order valence-electron chi connectivity index (χ2n) is 5.65. The summed E-state index contributed by atoms with van der Waals surface area (Å²) < 4.78 is 11.3. The molecule has 2 heterocycles. The molecule has 1 aromatic carbocycles. The van der Waals surface area contributed by atoms with Gasteiger partial charge in [-0.15, -0.1) is 0 Å². The van der Waals surface area contributed by atoms with Crippen molar-refractivity contribution < 1.29 is 14.3 Å². The molecular weight excluding hydrogens is 312 g/mol. The number of likely N-dealkylation sites (N-methyl/N-ethyl adjacent to an activating group) is 1. The first-order chi connectivity index (χ1) is 11.1. The zero-order valence-corrected chi connectivity index (χ0v) is 14.0. The minimum Gasteiger partial charge on any atom is -0.485 e. The van der Waals surface area contributed by atoms with Crippen LogP contribution in [0.3, 0.4) is 0 Å². The van der Waals surface area contributed by atoms with Crippen LogP contribution in [0.5, 0.6) is 11.5 Å². The third kappa shape index (κ3) is 3.65. The number of nitrogens with one attached hydrogen (secondary N) is 1. The van der Waals surface area contributed by atoms with Gasteiger partial charge in [0.1, 0.15) is 6.61 Å². The van der Waals surface area contributed by atoms with E-state index in [1.807, 2.05) is 43.7 Å². The lowest BCUT2D eigenvalue weighted by Gasteiger charge is -2.28. The number of hydrogen-bond acceptors (Lipinski definition) is 5. The number of amides is 1. The number of hydrogen-bond donors (Lipinski definition) is 1. The van der Waals surface area contributed by atoms with Crippen LogP contribution in [-0.4, -0.2) is 44.2 Å². The Hall–Kier alpha value is -2.05. The number of fused-ring (bicyclic) bond motifs is 1. The van der Waals surface area contributed by atoms with Crippen LogP contribution < -0.4 is 14.8 Å². The number of rotatable bonds is 5. The molecule has 1 N–H and O–H groups in total. The van der Waals surface area contributed by atoms with Crippen LogP contribution in [0.25, 0.3) is 0 Å². The third-order valence-electron chi connectivity index (χ3n) is 3.82. The zero-order valence-electron chi connectivity index (χ0n) is 13.2. The Morgan fingerprint density at radius 3 is 2.83 bits per heavy atom. The van der Waals surface area contributed by atoms with E-state index in [2.05, 4.69) is 21.7 Å². The fourth-order valence-electron chi connectivity index (χ4n) is 2.52. The van der Waals surface area contributed by atoms with Gasteiger partial charge in [0.15, 0.2) is 11.5 Å². The average molecular weight is 332 g/mol. The predicted octanol–water partition coefficient (Wildman–Crippen LogP) is 2.31. The van der Waals surface area contributed by atoms with Gasteiger partial charge in [0.25, 0.3) is 5.91 Å². The van der Waals surface area contributed by atoms with E-state index < -0.39 is 6.10 Å². The second kappa shape index (κ2) is 7.02. The summed E-state index contributed by atoms with van der Waals surface area (Å²) in [5.41, 5.74) is 1.20. The molecule has 122 valence electrons. The fourth-order valence-corrected chi connectivity index (χ4v) is 3.23. The fraction of sp³-hybridized carbons (Fsp3) is 0.353. The summed E-state index contributed by atoms with van der Waals surface area (Å²) in [6.07, 6.45) is -0.616. The Kier molecular flexibility index (Phi) is 4.83. The van der Waals surface area contributed by atoms with Gasteiger partial charge in [0.05, 0.1) is 6.04 Å². The monoisotopic (exact) mass is 332 g/mol. The quantitative estimate of drug-likeness (QED) is 0.913. The van der Waals surface area contributed by atoms with E-state index in [1.54, 1.807) is 11.3 Å². The minimum atomic E-state index is -0.616. The normalized spacial score (nSPS) is 17.8. The summed E-state index contributed by atoms with van der Waals surface area (Å²) in [7, 11) is 4.01. The molecule has 5 nitrogen and oxygen atoms in total. The number of carbonyl (C=O) groups excluding carboxylic acids is 1. The Labute approximate surface area is 139 Å². The first kappa shape index (κ1) is 15.8. The maximum atomic E-state index is 12.4. The van der Waals surface area contributed by atoms with Gasteiger partial charge in [-0.1, -0.05) is 12.1 Å². The lowest BCUT2D eigenvalue weighted by atomic mass is 10.1. The van der Waals surface area contributed by atoms with Crippen LogP contribution in [0.1, 0.15) is 11.6 Å². The van der Waals surface area contributed by atoms with Crippen molar-refractivity contribution >= 4 is 17.2 Å². The Morgan fingerprint density at radius 2 is 2.13 bits per heavy atom. The SMILES string of the molecule is CN(C)C(CNC(=O)C1COc2ccccc2O1)c1ccsc1. The first-order valence-corrected chi connectivity index (χ1v) is 8.44. The molecule has 0 aliphatic carbocycles. The van der Waals surface area contributed by atoms with Crippen molar-refractivity contribution in [3.8, 4) is 11.5 Å². The lowest BCUT2D eigenvalue weighted by Crippen LogP contribution is -2.46. The highest BCUT2D eigenvalue weighted by atomic mass is 32.1. The van der Waals surface area contributed by atoms with Gasteiger partial charge in [-0.05, 0) is 48.6 Å². The van der Waals surface area contributed by atoms with Crippen LogP contribution >= 0.6 is 11.3 Å². The number of nitrogens with zero attached hydrogens (tertiary/aromatic N) is 1.